The fourth-order valence-electron chi connectivity index (χ4n) is 1.94. The number of aromatic hydroxyl groups is 1. The summed E-state index contributed by atoms with van der Waals surface area (Å²) in [5.41, 5.74) is 0.947. The van der Waals surface area contributed by atoms with E-state index in [1.165, 1.54) is 7.11 Å². The summed E-state index contributed by atoms with van der Waals surface area (Å²) in [5.74, 6) is 0.585. The molecule has 0 aliphatic heterocycles. The Bertz CT molecular complexity index is 447. The molecule has 1 rings (SSSR count). The van der Waals surface area contributed by atoms with E-state index in [0.717, 1.165) is 12.1 Å². The zero-order valence-corrected chi connectivity index (χ0v) is 12.6. The Kier molecular flexibility index (Phi) is 6.31. The van der Waals surface area contributed by atoms with Crippen LogP contribution in [0, 0.1) is 0 Å². The van der Waals surface area contributed by atoms with Crippen molar-refractivity contribution in [3.05, 3.63) is 23.8 Å². The number of amides is 1. The Labute approximate surface area is 120 Å². The minimum atomic E-state index is 0.0135. The molecule has 0 bridgehead atoms. The largest absolute Gasteiger partial charge is 0.504 e. The zero-order chi connectivity index (χ0) is 15.1. The van der Waals surface area contributed by atoms with E-state index < -0.39 is 0 Å². The molecule has 2 N–H and O–H groups in total. The van der Waals surface area contributed by atoms with E-state index in [4.69, 9.17) is 4.74 Å². The smallest absolute Gasteiger partial charge is 0.234 e. The lowest BCUT2D eigenvalue weighted by atomic mass is 10.2. The molecule has 0 saturated heterocycles. The standard InChI is InChI=1S/C15H24N2O3/c1-5-17(10-15(19)16-11(2)3)9-12-6-7-14(20-4)13(18)8-12/h6-8,11,18H,5,9-10H2,1-4H3,(H,16,19). The van der Waals surface area contributed by atoms with Gasteiger partial charge in [0.05, 0.1) is 13.7 Å². The zero-order valence-electron chi connectivity index (χ0n) is 12.6. The second-order valence-electron chi connectivity index (χ2n) is 5.03. The van der Waals surface area contributed by atoms with E-state index in [1.807, 2.05) is 31.7 Å². The molecule has 0 aromatic heterocycles. The third-order valence-electron chi connectivity index (χ3n) is 2.91. The van der Waals surface area contributed by atoms with Crippen LogP contribution in [0.3, 0.4) is 0 Å². The molecular formula is C15H24N2O3. The van der Waals surface area contributed by atoms with Gasteiger partial charge < -0.3 is 15.2 Å². The summed E-state index contributed by atoms with van der Waals surface area (Å²) in [5, 5.41) is 12.6. The Hall–Kier alpha value is -1.75. The Balaban J connectivity index is 2.64. The first-order chi connectivity index (χ1) is 9.46. The summed E-state index contributed by atoms with van der Waals surface area (Å²) in [7, 11) is 1.52. The van der Waals surface area contributed by atoms with Crippen molar-refractivity contribution in [3.63, 3.8) is 0 Å². The van der Waals surface area contributed by atoms with Crippen LogP contribution in [0.1, 0.15) is 26.3 Å². The Morgan fingerprint density at radius 3 is 2.65 bits per heavy atom. The van der Waals surface area contributed by atoms with Crippen molar-refractivity contribution in [1.82, 2.24) is 10.2 Å². The SMILES string of the molecule is CCN(CC(=O)NC(C)C)Cc1ccc(OC)c(O)c1. The molecule has 0 fully saturated rings. The van der Waals surface area contributed by atoms with E-state index in [9.17, 15) is 9.90 Å². The third kappa shape index (κ3) is 5.09. The van der Waals surface area contributed by atoms with Crippen LogP contribution in [-0.4, -0.2) is 42.2 Å². The van der Waals surface area contributed by atoms with Crippen molar-refractivity contribution in [2.24, 2.45) is 0 Å². The van der Waals surface area contributed by atoms with Gasteiger partial charge in [0.2, 0.25) is 5.91 Å². The number of ether oxygens (including phenoxy) is 1. The van der Waals surface area contributed by atoms with Crippen LogP contribution in [0.15, 0.2) is 18.2 Å². The van der Waals surface area contributed by atoms with Gasteiger partial charge in [0, 0.05) is 12.6 Å². The molecule has 0 saturated carbocycles. The second-order valence-corrected chi connectivity index (χ2v) is 5.03. The molecule has 1 amide bonds. The highest BCUT2D eigenvalue weighted by atomic mass is 16.5. The molecule has 112 valence electrons. The van der Waals surface area contributed by atoms with Gasteiger partial charge in [-0.05, 0) is 38.1 Å². The molecule has 0 radical (unpaired) electrons. The van der Waals surface area contributed by atoms with E-state index >= 15 is 0 Å². The van der Waals surface area contributed by atoms with Crippen molar-refractivity contribution in [2.45, 2.75) is 33.4 Å². The second kappa shape index (κ2) is 7.75. The molecule has 0 aliphatic rings. The summed E-state index contributed by atoms with van der Waals surface area (Å²) in [6, 6.07) is 5.43. The predicted molar refractivity (Wildman–Crippen MR) is 78.9 cm³/mol. The minimum Gasteiger partial charge on any atom is -0.504 e. The molecule has 0 aliphatic carbocycles. The fourth-order valence-corrected chi connectivity index (χ4v) is 1.94. The minimum absolute atomic E-state index is 0.0135. The van der Waals surface area contributed by atoms with E-state index in [0.29, 0.717) is 18.8 Å². The quantitative estimate of drug-likeness (QED) is 0.799. The van der Waals surface area contributed by atoms with Crippen LogP contribution in [0.4, 0.5) is 0 Å². The lowest BCUT2D eigenvalue weighted by Crippen LogP contribution is -2.39. The van der Waals surface area contributed by atoms with Gasteiger partial charge in [0.15, 0.2) is 11.5 Å². The number of phenolic OH excluding ortho intramolecular Hbond substituents is 1. The molecule has 0 atom stereocenters. The average Bonchev–Trinajstić information content (AvgIpc) is 2.37. The summed E-state index contributed by atoms with van der Waals surface area (Å²) in [4.78, 5) is 13.8. The molecule has 0 spiro atoms. The van der Waals surface area contributed by atoms with Gasteiger partial charge in [-0.1, -0.05) is 13.0 Å². The number of benzene rings is 1. The normalized spacial score (nSPS) is 10.9. The van der Waals surface area contributed by atoms with Crippen molar-refractivity contribution in [3.8, 4) is 11.5 Å². The topological polar surface area (TPSA) is 61.8 Å². The number of phenols is 1. The first-order valence-electron chi connectivity index (χ1n) is 6.83. The monoisotopic (exact) mass is 280 g/mol. The van der Waals surface area contributed by atoms with Gasteiger partial charge in [-0.25, -0.2) is 0 Å². The van der Waals surface area contributed by atoms with Gasteiger partial charge in [-0.15, -0.1) is 0 Å². The molecule has 0 heterocycles. The summed E-state index contributed by atoms with van der Waals surface area (Å²) < 4.78 is 5.01. The molecule has 1 aromatic rings. The van der Waals surface area contributed by atoms with Crippen LogP contribution in [-0.2, 0) is 11.3 Å². The average molecular weight is 280 g/mol. The van der Waals surface area contributed by atoms with E-state index in [2.05, 4.69) is 5.32 Å². The van der Waals surface area contributed by atoms with Crippen molar-refractivity contribution >= 4 is 5.91 Å². The van der Waals surface area contributed by atoms with Crippen LogP contribution < -0.4 is 10.1 Å². The fraction of sp³-hybridized carbons (Fsp3) is 0.533. The van der Waals surface area contributed by atoms with E-state index in [-0.39, 0.29) is 17.7 Å². The number of rotatable bonds is 7. The first kappa shape index (κ1) is 16.3. The van der Waals surface area contributed by atoms with E-state index in [1.54, 1.807) is 12.1 Å². The number of carbonyl (C=O) groups is 1. The molecule has 0 unspecified atom stereocenters. The maximum atomic E-state index is 11.8. The van der Waals surface area contributed by atoms with Gasteiger partial charge >= 0.3 is 0 Å². The number of nitrogens with zero attached hydrogens (tertiary/aromatic N) is 1. The Morgan fingerprint density at radius 1 is 1.45 bits per heavy atom. The van der Waals surface area contributed by atoms with Gasteiger partial charge in [0.25, 0.3) is 0 Å². The summed E-state index contributed by atoms with van der Waals surface area (Å²) >= 11 is 0. The van der Waals surface area contributed by atoms with Gasteiger partial charge in [-0.3, -0.25) is 9.69 Å². The number of nitrogens with one attached hydrogen (secondary N) is 1. The van der Waals surface area contributed by atoms with Gasteiger partial charge in [-0.2, -0.15) is 0 Å². The lowest BCUT2D eigenvalue weighted by molar-refractivity contribution is -0.122. The molecule has 20 heavy (non-hydrogen) atoms. The number of hydrogen-bond acceptors (Lipinski definition) is 4. The Morgan fingerprint density at radius 2 is 2.15 bits per heavy atom. The highest BCUT2D eigenvalue weighted by Gasteiger charge is 2.11. The number of methoxy groups -OCH3 is 1. The highest BCUT2D eigenvalue weighted by molar-refractivity contribution is 5.78. The third-order valence-corrected chi connectivity index (χ3v) is 2.91. The molecule has 1 aromatic carbocycles. The summed E-state index contributed by atoms with van der Waals surface area (Å²) in [6.07, 6.45) is 0. The van der Waals surface area contributed by atoms with Gasteiger partial charge in [0.1, 0.15) is 0 Å². The van der Waals surface area contributed by atoms with Crippen LogP contribution in [0.5, 0.6) is 11.5 Å². The molecular weight excluding hydrogens is 256 g/mol. The predicted octanol–water partition coefficient (Wildman–Crippen LogP) is 1.75. The molecule has 5 nitrogen and oxygen atoms in total. The number of likely N-dealkylation sites (N-methyl/N-ethyl adjacent to an activating group) is 1. The molecule has 5 heteroatoms. The number of carbonyl (C=O) groups excluding carboxylic acids is 1. The van der Waals surface area contributed by atoms with Crippen LogP contribution >= 0.6 is 0 Å². The lowest BCUT2D eigenvalue weighted by Gasteiger charge is -2.21. The summed E-state index contributed by atoms with van der Waals surface area (Å²) in [6.45, 7) is 7.61. The van der Waals surface area contributed by atoms with Crippen molar-refractivity contribution in [2.75, 3.05) is 20.2 Å². The van der Waals surface area contributed by atoms with Crippen molar-refractivity contribution in [1.29, 1.82) is 0 Å². The van der Waals surface area contributed by atoms with Crippen LogP contribution in [0.25, 0.3) is 0 Å². The van der Waals surface area contributed by atoms with Crippen LogP contribution in [0.2, 0.25) is 0 Å². The first-order valence-corrected chi connectivity index (χ1v) is 6.83. The maximum Gasteiger partial charge on any atom is 0.234 e. The number of hydrogen-bond donors (Lipinski definition) is 2. The highest BCUT2D eigenvalue weighted by Crippen LogP contribution is 2.26. The maximum absolute atomic E-state index is 11.8. The van der Waals surface area contributed by atoms with Crippen molar-refractivity contribution < 1.29 is 14.6 Å².